The Labute approximate surface area is 91.6 Å². The van der Waals surface area contributed by atoms with Crippen LogP contribution < -0.4 is 0 Å². The number of allylic oxidation sites excluding steroid dienone is 1. The molecular formula is C11H11F2NO2. The monoisotopic (exact) mass is 227 g/mol. The summed E-state index contributed by atoms with van der Waals surface area (Å²) in [6.07, 6.45) is 2.54. The van der Waals surface area contributed by atoms with Gasteiger partial charge in [-0.2, -0.15) is 0 Å². The molecular weight excluding hydrogens is 216 g/mol. The molecule has 0 unspecified atom stereocenters. The van der Waals surface area contributed by atoms with Gasteiger partial charge in [0.2, 0.25) is 0 Å². The first-order chi connectivity index (χ1) is 7.41. The zero-order valence-electron chi connectivity index (χ0n) is 8.87. The number of hydrogen-bond acceptors (Lipinski definition) is 3. The molecule has 0 aliphatic carbocycles. The fraction of sp³-hybridized carbons (Fsp3) is 0.182. The molecule has 0 aromatic heterocycles. The summed E-state index contributed by atoms with van der Waals surface area (Å²) in [5.74, 6) is -3.56. The van der Waals surface area contributed by atoms with E-state index in [-0.39, 0.29) is 0 Å². The molecule has 0 aliphatic rings. The lowest BCUT2D eigenvalue weighted by atomic mass is 10.1. The molecule has 0 atom stereocenters. The van der Waals surface area contributed by atoms with Gasteiger partial charge in [-0.15, -0.1) is 0 Å². The van der Waals surface area contributed by atoms with Gasteiger partial charge in [0, 0.05) is 32.4 Å². The van der Waals surface area contributed by atoms with Crippen LogP contribution in [0.25, 0.3) is 0 Å². The number of ketones is 1. The fourth-order valence-electron chi connectivity index (χ4n) is 1.06. The van der Waals surface area contributed by atoms with Gasteiger partial charge >= 0.3 is 0 Å². The number of phenols is 1. The molecule has 0 aliphatic heterocycles. The van der Waals surface area contributed by atoms with Gasteiger partial charge in [-0.3, -0.25) is 4.79 Å². The lowest BCUT2D eigenvalue weighted by Gasteiger charge is -2.04. The average molecular weight is 227 g/mol. The summed E-state index contributed by atoms with van der Waals surface area (Å²) in [4.78, 5) is 13.1. The summed E-state index contributed by atoms with van der Waals surface area (Å²) in [5.41, 5.74) is -0.393. The molecule has 0 fully saturated rings. The maximum Gasteiger partial charge on any atom is 0.191 e. The highest BCUT2D eigenvalue weighted by atomic mass is 19.1. The number of rotatable bonds is 3. The molecule has 0 heterocycles. The minimum atomic E-state index is -1.15. The first-order valence-electron chi connectivity index (χ1n) is 4.49. The zero-order valence-corrected chi connectivity index (χ0v) is 8.87. The van der Waals surface area contributed by atoms with E-state index in [9.17, 15) is 18.7 Å². The van der Waals surface area contributed by atoms with Crippen LogP contribution in [0.4, 0.5) is 8.78 Å². The third-order valence-electron chi connectivity index (χ3n) is 1.82. The first-order valence-corrected chi connectivity index (χ1v) is 4.49. The van der Waals surface area contributed by atoms with Crippen LogP contribution in [0.1, 0.15) is 10.4 Å². The number of carbonyl (C=O) groups excluding carboxylic acids is 1. The molecule has 86 valence electrons. The Bertz CT molecular complexity index is 442. The molecule has 1 N–H and O–H groups in total. The van der Waals surface area contributed by atoms with E-state index in [2.05, 4.69) is 0 Å². The van der Waals surface area contributed by atoms with Crippen LogP contribution in [0, 0.1) is 11.6 Å². The van der Waals surface area contributed by atoms with Crippen LogP contribution >= 0.6 is 0 Å². The quantitative estimate of drug-likeness (QED) is 0.633. The molecule has 1 aromatic carbocycles. The molecule has 0 saturated heterocycles. The number of aromatic hydroxyl groups is 1. The van der Waals surface area contributed by atoms with Gasteiger partial charge in [-0.25, -0.2) is 8.78 Å². The van der Waals surface area contributed by atoms with Crippen LogP contribution in [0.5, 0.6) is 5.75 Å². The van der Waals surface area contributed by atoms with Crippen LogP contribution in [-0.2, 0) is 0 Å². The molecule has 5 heteroatoms. The predicted octanol–water partition coefficient (Wildman–Crippen LogP) is 1.93. The van der Waals surface area contributed by atoms with E-state index >= 15 is 0 Å². The predicted molar refractivity (Wildman–Crippen MR) is 55.2 cm³/mol. The van der Waals surface area contributed by atoms with Crippen molar-refractivity contribution in [3.63, 3.8) is 0 Å². The first kappa shape index (κ1) is 12.2. The average Bonchev–Trinajstić information content (AvgIpc) is 2.19. The van der Waals surface area contributed by atoms with E-state index in [4.69, 9.17) is 0 Å². The highest BCUT2D eigenvalue weighted by Gasteiger charge is 2.14. The van der Waals surface area contributed by atoms with Crippen LogP contribution in [0.3, 0.4) is 0 Å². The van der Waals surface area contributed by atoms with E-state index in [1.807, 2.05) is 0 Å². The molecule has 3 nitrogen and oxygen atoms in total. The van der Waals surface area contributed by atoms with Crippen molar-refractivity contribution in [2.75, 3.05) is 14.1 Å². The van der Waals surface area contributed by atoms with E-state index in [0.717, 1.165) is 12.1 Å². The molecule has 1 rings (SSSR count). The summed E-state index contributed by atoms with van der Waals surface area (Å²) < 4.78 is 25.8. The fourth-order valence-corrected chi connectivity index (χ4v) is 1.06. The Morgan fingerprint density at radius 1 is 1.38 bits per heavy atom. The third-order valence-corrected chi connectivity index (χ3v) is 1.82. The summed E-state index contributed by atoms with van der Waals surface area (Å²) in [5, 5.41) is 9.25. The highest BCUT2D eigenvalue weighted by molar-refractivity contribution is 6.06. The molecule has 0 radical (unpaired) electrons. The summed E-state index contributed by atoms with van der Waals surface area (Å²) >= 11 is 0. The van der Waals surface area contributed by atoms with E-state index < -0.39 is 28.7 Å². The Balaban J connectivity index is 3.09. The normalized spacial score (nSPS) is 10.8. The van der Waals surface area contributed by atoms with Crippen LogP contribution in [0.2, 0.25) is 0 Å². The van der Waals surface area contributed by atoms with Gasteiger partial charge in [0.1, 0.15) is 5.82 Å². The minimum absolute atomic E-state index is 0.393. The minimum Gasteiger partial charge on any atom is -0.504 e. The van der Waals surface area contributed by atoms with Crippen molar-refractivity contribution in [1.29, 1.82) is 0 Å². The molecule has 0 bridgehead atoms. The number of phenolic OH excluding ortho intramolecular Hbond substituents is 1. The van der Waals surface area contributed by atoms with E-state index in [1.54, 1.807) is 19.0 Å². The van der Waals surface area contributed by atoms with Crippen molar-refractivity contribution in [1.82, 2.24) is 4.90 Å². The molecule has 16 heavy (non-hydrogen) atoms. The zero-order chi connectivity index (χ0) is 12.3. The van der Waals surface area contributed by atoms with Gasteiger partial charge in [0.15, 0.2) is 17.3 Å². The van der Waals surface area contributed by atoms with Crippen molar-refractivity contribution in [2.24, 2.45) is 0 Å². The second-order valence-electron chi connectivity index (χ2n) is 3.43. The summed E-state index contributed by atoms with van der Waals surface area (Å²) in [7, 11) is 3.38. The number of halogens is 2. The van der Waals surface area contributed by atoms with Crippen molar-refractivity contribution < 1.29 is 18.7 Å². The lowest BCUT2D eigenvalue weighted by Crippen LogP contribution is -2.04. The van der Waals surface area contributed by atoms with Crippen LogP contribution in [-0.4, -0.2) is 29.9 Å². The number of hydrogen-bond donors (Lipinski definition) is 1. The van der Waals surface area contributed by atoms with Crippen LogP contribution in [0.15, 0.2) is 24.4 Å². The van der Waals surface area contributed by atoms with Crippen molar-refractivity contribution in [2.45, 2.75) is 0 Å². The van der Waals surface area contributed by atoms with Crippen molar-refractivity contribution >= 4 is 5.78 Å². The Morgan fingerprint density at radius 3 is 2.56 bits per heavy atom. The molecule has 0 amide bonds. The SMILES string of the molecule is CN(C)/C=C/C(=O)c1cc(F)cc(F)c1O. The molecule has 0 spiro atoms. The standard InChI is InChI=1S/C11H11F2NO2/c1-14(2)4-3-10(15)8-5-7(12)6-9(13)11(8)16/h3-6,16H,1-2H3/b4-3+. The molecule has 0 saturated carbocycles. The summed E-state index contributed by atoms with van der Waals surface area (Å²) in [6.45, 7) is 0. The Kier molecular flexibility index (Phi) is 3.60. The second kappa shape index (κ2) is 4.74. The van der Waals surface area contributed by atoms with Gasteiger partial charge in [0.25, 0.3) is 0 Å². The van der Waals surface area contributed by atoms with E-state index in [1.165, 1.54) is 6.20 Å². The van der Waals surface area contributed by atoms with Gasteiger partial charge in [0.05, 0.1) is 5.56 Å². The number of nitrogens with zero attached hydrogens (tertiary/aromatic N) is 1. The maximum absolute atomic E-state index is 12.9. The van der Waals surface area contributed by atoms with Crippen molar-refractivity contribution in [3.8, 4) is 5.75 Å². The largest absolute Gasteiger partial charge is 0.504 e. The van der Waals surface area contributed by atoms with Gasteiger partial charge in [-0.05, 0) is 6.07 Å². The Hall–Kier alpha value is -1.91. The molecule has 1 aromatic rings. The van der Waals surface area contributed by atoms with Gasteiger partial charge in [-0.1, -0.05) is 0 Å². The second-order valence-corrected chi connectivity index (χ2v) is 3.43. The lowest BCUT2D eigenvalue weighted by molar-refractivity contribution is 0.104. The summed E-state index contributed by atoms with van der Waals surface area (Å²) in [6, 6.07) is 1.31. The van der Waals surface area contributed by atoms with E-state index in [0.29, 0.717) is 6.07 Å². The highest BCUT2D eigenvalue weighted by Crippen LogP contribution is 2.23. The maximum atomic E-state index is 12.9. The van der Waals surface area contributed by atoms with Gasteiger partial charge < -0.3 is 10.0 Å². The third kappa shape index (κ3) is 2.79. The number of benzene rings is 1. The smallest absolute Gasteiger partial charge is 0.191 e. The van der Waals surface area contributed by atoms with Crippen molar-refractivity contribution in [3.05, 3.63) is 41.6 Å². The Morgan fingerprint density at radius 2 is 2.00 bits per heavy atom. The number of carbonyl (C=O) groups is 1. The topological polar surface area (TPSA) is 40.5 Å².